The summed E-state index contributed by atoms with van der Waals surface area (Å²) in [6, 6.07) is 63.2. The number of fused-ring (bicyclic) bond motifs is 8. The minimum atomic E-state index is -1.86. The summed E-state index contributed by atoms with van der Waals surface area (Å²) >= 11 is 0. The molecule has 3 heterocycles. The van der Waals surface area contributed by atoms with E-state index < -0.39 is 10.0 Å². The SMILES string of the molecule is CC.c1ccc(S(c2ccccc2)(c2ccccc2)c2ccc3c(c2)n2c4ccccc4nc2n3-c2ccc3oc4ccccc4c3c2)cc1. The molecule has 0 atom stereocenters. The van der Waals surface area contributed by atoms with Crippen LogP contribution >= 0.6 is 10.0 Å². The van der Waals surface area contributed by atoms with Gasteiger partial charge in [0.1, 0.15) is 11.2 Å². The number of benzene rings is 7. The Kier molecular flexibility index (Phi) is 7.29. The Labute approximate surface area is 292 Å². The van der Waals surface area contributed by atoms with Gasteiger partial charge in [-0.05, 0) is 91.0 Å². The number of hydrogen-bond acceptors (Lipinski definition) is 2. The highest BCUT2D eigenvalue weighted by atomic mass is 32.3. The summed E-state index contributed by atoms with van der Waals surface area (Å²) in [7, 11) is -1.86. The van der Waals surface area contributed by atoms with Crippen LogP contribution in [0, 0.1) is 0 Å². The molecule has 0 bridgehead atoms. The van der Waals surface area contributed by atoms with Crippen molar-refractivity contribution in [2.75, 3.05) is 0 Å². The van der Waals surface area contributed by atoms with Crippen molar-refractivity contribution in [3.05, 3.63) is 176 Å². The van der Waals surface area contributed by atoms with Gasteiger partial charge in [-0.3, -0.25) is 8.97 Å². The van der Waals surface area contributed by atoms with Crippen molar-refractivity contribution in [3.8, 4) is 5.69 Å². The number of aromatic nitrogens is 3. The summed E-state index contributed by atoms with van der Waals surface area (Å²) in [6.07, 6.45) is 0. The highest BCUT2D eigenvalue weighted by Crippen LogP contribution is 2.73. The maximum Gasteiger partial charge on any atom is 0.220 e. The number of nitrogens with zero attached hydrogens (tertiary/aromatic N) is 3. The van der Waals surface area contributed by atoms with E-state index in [2.05, 4.69) is 173 Å². The molecule has 0 aliphatic heterocycles. The van der Waals surface area contributed by atoms with Crippen molar-refractivity contribution in [2.24, 2.45) is 0 Å². The normalized spacial score (nSPS) is 12.1. The maximum atomic E-state index is 6.20. The second-order valence-electron chi connectivity index (χ2n) is 12.1. The summed E-state index contributed by atoms with van der Waals surface area (Å²) in [4.78, 5) is 10.4. The molecule has 0 spiro atoms. The summed E-state index contributed by atoms with van der Waals surface area (Å²) in [5.74, 6) is 0.884. The number of hydrogen-bond donors (Lipinski definition) is 0. The van der Waals surface area contributed by atoms with Crippen molar-refractivity contribution >= 4 is 59.8 Å². The molecule has 0 amide bonds. The van der Waals surface area contributed by atoms with Crippen molar-refractivity contribution in [3.63, 3.8) is 0 Å². The van der Waals surface area contributed by atoms with Gasteiger partial charge >= 0.3 is 0 Å². The van der Waals surface area contributed by atoms with Crippen molar-refractivity contribution in [1.29, 1.82) is 0 Å². The molecular formula is C45H35N3OS. The largest absolute Gasteiger partial charge is 0.456 e. The Hall–Kier alpha value is -6.04. The van der Waals surface area contributed by atoms with Crippen LogP contribution in [0.3, 0.4) is 0 Å². The van der Waals surface area contributed by atoms with Gasteiger partial charge in [0.2, 0.25) is 5.78 Å². The molecule has 50 heavy (non-hydrogen) atoms. The van der Waals surface area contributed by atoms with Crippen molar-refractivity contribution < 1.29 is 4.42 Å². The van der Waals surface area contributed by atoms with E-state index in [0.717, 1.165) is 55.5 Å². The van der Waals surface area contributed by atoms with Gasteiger partial charge in [-0.25, -0.2) is 4.98 Å². The zero-order valence-electron chi connectivity index (χ0n) is 27.9. The van der Waals surface area contributed by atoms with Gasteiger partial charge in [-0.15, -0.1) is 10.0 Å². The lowest BCUT2D eigenvalue weighted by Gasteiger charge is -2.42. The number of furan rings is 1. The molecule has 242 valence electrons. The lowest BCUT2D eigenvalue weighted by molar-refractivity contribution is 0.669. The van der Waals surface area contributed by atoms with Crippen LogP contribution in [0.1, 0.15) is 13.8 Å². The summed E-state index contributed by atoms with van der Waals surface area (Å²) in [5.41, 5.74) is 7.09. The predicted molar refractivity (Wildman–Crippen MR) is 208 cm³/mol. The van der Waals surface area contributed by atoms with E-state index in [1.165, 1.54) is 19.6 Å². The molecule has 0 unspecified atom stereocenters. The summed E-state index contributed by atoms with van der Waals surface area (Å²) < 4.78 is 10.8. The molecule has 3 aromatic heterocycles. The molecule has 10 rings (SSSR count). The van der Waals surface area contributed by atoms with Crippen LogP contribution in [0.15, 0.2) is 200 Å². The van der Waals surface area contributed by atoms with Crippen molar-refractivity contribution in [1.82, 2.24) is 14.0 Å². The highest BCUT2D eigenvalue weighted by molar-refractivity contribution is 8.34. The maximum absolute atomic E-state index is 6.20. The number of imidazole rings is 2. The third-order valence-corrected chi connectivity index (χ3v) is 13.3. The van der Waals surface area contributed by atoms with E-state index in [4.69, 9.17) is 9.40 Å². The standard InChI is InChI=1S/C43H29N3OS.C2H6/c1-4-14-31(15-5-1)48(32-16-6-2-7-17-32,33-18-8-3-9-19-33)34-25-26-39-40(29-34)46-38-22-12-11-21-37(38)44-43(46)45(39)30-24-27-42-36(28-30)35-20-10-13-23-41(35)47-42;1-2/h1-29H;1-2H3. The Bertz CT molecular complexity index is 2680. The smallest absolute Gasteiger partial charge is 0.220 e. The van der Waals surface area contributed by atoms with E-state index in [1.807, 2.05) is 26.0 Å². The molecule has 4 nitrogen and oxygen atoms in total. The molecule has 5 heteroatoms. The van der Waals surface area contributed by atoms with E-state index >= 15 is 0 Å². The van der Waals surface area contributed by atoms with Gasteiger partial charge in [0.15, 0.2) is 0 Å². The fourth-order valence-corrected chi connectivity index (χ4v) is 11.3. The minimum Gasteiger partial charge on any atom is -0.456 e. The first-order chi connectivity index (χ1) is 24.8. The van der Waals surface area contributed by atoms with E-state index in [-0.39, 0.29) is 0 Å². The first-order valence-electron chi connectivity index (χ1n) is 17.1. The van der Waals surface area contributed by atoms with Crippen molar-refractivity contribution in [2.45, 2.75) is 33.4 Å². The molecule has 0 N–H and O–H groups in total. The Morgan fingerprint density at radius 2 is 1.04 bits per heavy atom. The molecule has 0 saturated heterocycles. The number of rotatable bonds is 5. The highest BCUT2D eigenvalue weighted by Gasteiger charge is 2.34. The van der Waals surface area contributed by atoms with Gasteiger partial charge in [0.05, 0.1) is 27.8 Å². The van der Waals surface area contributed by atoms with E-state index in [0.29, 0.717) is 0 Å². The summed E-state index contributed by atoms with van der Waals surface area (Å²) in [5, 5.41) is 2.20. The van der Waals surface area contributed by atoms with Crippen LogP contribution in [0.4, 0.5) is 0 Å². The predicted octanol–water partition coefficient (Wildman–Crippen LogP) is 12.7. The quantitative estimate of drug-likeness (QED) is 0.183. The van der Waals surface area contributed by atoms with Crippen LogP contribution in [0.2, 0.25) is 0 Å². The summed E-state index contributed by atoms with van der Waals surface area (Å²) in [6.45, 7) is 4.00. The second kappa shape index (κ2) is 12.1. The second-order valence-corrected chi connectivity index (χ2v) is 15.2. The molecule has 0 aliphatic carbocycles. The lowest BCUT2D eigenvalue weighted by Crippen LogP contribution is -2.05. The van der Waals surface area contributed by atoms with Crippen LogP contribution < -0.4 is 0 Å². The minimum absolute atomic E-state index is 0.880. The first-order valence-corrected chi connectivity index (χ1v) is 18.8. The fraction of sp³-hybridized carbons (Fsp3) is 0.0444. The Morgan fingerprint density at radius 3 is 1.72 bits per heavy atom. The molecule has 0 fully saturated rings. The molecule has 10 aromatic rings. The van der Waals surface area contributed by atoms with E-state index in [1.54, 1.807) is 0 Å². The molecule has 0 radical (unpaired) electrons. The Balaban J connectivity index is 0.00000165. The zero-order chi connectivity index (χ0) is 33.7. The molecule has 0 aliphatic rings. The average Bonchev–Trinajstić information content (AvgIpc) is 3.86. The zero-order valence-corrected chi connectivity index (χ0v) is 28.7. The monoisotopic (exact) mass is 665 g/mol. The van der Waals surface area contributed by atoms with Crippen LogP contribution in [-0.2, 0) is 0 Å². The van der Waals surface area contributed by atoms with Gasteiger partial charge in [-0.2, -0.15) is 0 Å². The molecular weight excluding hydrogens is 631 g/mol. The first kappa shape index (κ1) is 30.1. The van der Waals surface area contributed by atoms with Crippen LogP contribution in [-0.4, -0.2) is 14.0 Å². The van der Waals surface area contributed by atoms with Crippen LogP contribution in [0.25, 0.3) is 55.5 Å². The average molecular weight is 666 g/mol. The third kappa shape index (κ3) is 4.44. The molecule has 7 aromatic carbocycles. The van der Waals surface area contributed by atoms with Gasteiger partial charge in [0.25, 0.3) is 0 Å². The van der Waals surface area contributed by atoms with Gasteiger partial charge < -0.3 is 4.42 Å². The topological polar surface area (TPSA) is 35.4 Å². The van der Waals surface area contributed by atoms with Gasteiger partial charge in [0, 0.05) is 30.4 Å². The van der Waals surface area contributed by atoms with E-state index in [9.17, 15) is 0 Å². The lowest BCUT2D eigenvalue weighted by atomic mass is 10.1. The van der Waals surface area contributed by atoms with Crippen LogP contribution in [0.5, 0.6) is 0 Å². The fourth-order valence-electron chi connectivity index (χ4n) is 7.37. The Morgan fingerprint density at radius 1 is 0.460 bits per heavy atom. The third-order valence-electron chi connectivity index (χ3n) is 9.43. The van der Waals surface area contributed by atoms with Gasteiger partial charge in [-0.1, -0.05) is 98.8 Å². The number of para-hydroxylation sites is 3. The molecule has 0 saturated carbocycles.